The van der Waals surface area contributed by atoms with E-state index in [1.54, 1.807) is 11.8 Å². The van der Waals surface area contributed by atoms with Gasteiger partial charge >= 0.3 is 6.03 Å². The van der Waals surface area contributed by atoms with Gasteiger partial charge in [-0.05, 0) is 49.9 Å². The summed E-state index contributed by atoms with van der Waals surface area (Å²) in [5.41, 5.74) is 1.15. The van der Waals surface area contributed by atoms with Crippen molar-refractivity contribution in [3.8, 4) is 0 Å². The van der Waals surface area contributed by atoms with E-state index in [1.807, 2.05) is 4.90 Å². The van der Waals surface area contributed by atoms with Gasteiger partial charge in [0.15, 0.2) is 0 Å². The molecule has 0 spiro atoms. The van der Waals surface area contributed by atoms with Crippen molar-refractivity contribution in [3.63, 3.8) is 0 Å². The molecule has 1 aliphatic heterocycles. The van der Waals surface area contributed by atoms with Crippen molar-refractivity contribution in [1.82, 2.24) is 15.1 Å². The quantitative estimate of drug-likeness (QED) is 0.818. The summed E-state index contributed by atoms with van der Waals surface area (Å²) in [6.07, 6.45) is 3.18. The van der Waals surface area contributed by atoms with Crippen molar-refractivity contribution >= 4 is 17.8 Å². The molecule has 1 atom stereocenters. The Morgan fingerprint density at radius 3 is 2.77 bits per heavy atom. The molecule has 0 aromatic heterocycles. The molecule has 22 heavy (non-hydrogen) atoms. The van der Waals surface area contributed by atoms with Crippen LogP contribution < -0.4 is 5.32 Å². The first kappa shape index (κ1) is 17.2. The third-order valence-electron chi connectivity index (χ3n) is 4.29. The van der Waals surface area contributed by atoms with Crippen LogP contribution >= 0.6 is 11.8 Å². The predicted octanol–water partition coefficient (Wildman–Crippen LogP) is 2.89. The highest BCUT2D eigenvalue weighted by atomic mass is 32.2. The van der Waals surface area contributed by atoms with E-state index >= 15 is 0 Å². The van der Waals surface area contributed by atoms with Gasteiger partial charge in [-0.3, -0.25) is 0 Å². The summed E-state index contributed by atoms with van der Waals surface area (Å²) >= 11 is 1.73. The molecule has 2 amide bonds. The molecule has 1 heterocycles. The monoisotopic (exact) mass is 321 g/mol. The van der Waals surface area contributed by atoms with Crippen molar-refractivity contribution < 1.29 is 4.79 Å². The number of likely N-dealkylation sites (tertiary alicyclic amines) is 1. The zero-order chi connectivity index (χ0) is 15.9. The van der Waals surface area contributed by atoms with Crippen LogP contribution in [0.2, 0.25) is 0 Å². The minimum Gasteiger partial charge on any atom is -0.334 e. The number of nitrogens with one attached hydrogen (secondary N) is 1. The van der Waals surface area contributed by atoms with Crippen molar-refractivity contribution in [3.05, 3.63) is 29.8 Å². The summed E-state index contributed by atoms with van der Waals surface area (Å²) in [4.78, 5) is 17.8. The maximum absolute atomic E-state index is 12.2. The second-order valence-electron chi connectivity index (χ2n) is 5.96. The van der Waals surface area contributed by atoms with Gasteiger partial charge in [0.1, 0.15) is 0 Å². The Morgan fingerprint density at radius 1 is 1.41 bits per heavy atom. The van der Waals surface area contributed by atoms with Crippen LogP contribution in [0.4, 0.5) is 4.79 Å². The molecule has 2 rings (SSSR count). The lowest BCUT2D eigenvalue weighted by Crippen LogP contribution is -2.38. The number of thioether (sulfide) groups is 1. The van der Waals surface area contributed by atoms with E-state index in [1.165, 1.54) is 4.90 Å². The second kappa shape index (κ2) is 8.44. The second-order valence-corrected chi connectivity index (χ2v) is 6.84. The number of benzene rings is 1. The fourth-order valence-corrected chi connectivity index (χ4v) is 3.18. The van der Waals surface area contributed by atoms with E-state index in [0.29, 0.717) is 12.5 Å². The first-order valence-electron chi connectivity index (χ1n) is 7.96. The first-order valence-corrected chi connectivity index (χ1v) is 9.19. The van der Waals surface area contributed by atoms with Crippen LogP contribution in [-0.2, 0) is 6.54 Å². The molecule has 4 nitrogen and oxygen atoms in total. The number of carbonyl (C=O) groups excluding carboxylic acids is 1. The fourth-order valence-electron chi connectivity index (χ4n) is 2.77. The van der Waals surface area contributed by atoms with Crippen LogP contribution in [0.25, 0.3) is 0 Å². The van der Waals surface area contributed by atoms with Gasteiger partial charge in [-0.15, -0.1) is 11.8 Å². The largest absolute Gasteiger partial charge is 0.334 e. The summed E-state index contributed by atoms with van der Waals surface area (Å²) in [7, 11) is 2.14. The summed E-state index contributed by atoms with van der Waals surface area (Å²) in [5.74, 6) is 0.608. The van der Waals surface area contributed by atoms with Gasteiger partial charge in [0, 0.05) is 31.1 Å². The topological polar surface area (TPSA) is 35.6 Å². The van der Waals surface area contributed by atoms with Crippen LogP contribution in [0.3, 0.4) is 0 Å². The first-order chi connectivity index (χ1) is 10.6. The van der Waals surface area contributed by atoms with Crippen LogP contribution in [-0.4, -0.2) is 55.3 Å². The van der Waals surface area contributed by atoms with Gasteiger partial charge in [-0.1, -0.05) is 19.1 Å². The Hall–Kier alpha value is -1.20. The zero-order valence-electron chi connectivity index (χ0n) is 13.8. The summed E-state index contributed by atoms with van der Waals surface area (Å²) in [6.45, 7) is 6.66. The highest BCUT2D eigenvalue weighted by Crippen LogP contribution is 2.18. The van der Waals surface area contributed by atoms with E-state index in [4.69, 9.17) is 0 Å². The number of rotatable bonds is 6. The van der Waals surface area contributed by atoms with Gasteiger partial charge in [-0.2, -0.15) is 0 Å². The normalized spacial score (nSPS) is 18.0. The Morgan fingerprint density at radius 2 is 2.14 bits per heavy atom. The minimum absolute atomic E-state index is 0.0654. The molecular formula is C17H27N3OS. The number of urea groups is 1. The molecule has 0 radical (unpaired) electrons. The molecule has 0 aliphatic carbocycles. The molecule has 1 fully saturated rings. The van der Waals surface area contributed by atoms with Gasteiger partial charge in [0.25, 0.3) is 0 Å². The molecular weight excluding hydrogens is 294 g/mol. The van der Waals surface area contributed by atoms with Crippen molar-refractivity contribution in [2.45, 2.75) is 24.8 Å². The maximum Gasteiger partial charge on any atom is 0.317 e. The van der Waals surface area contributed by atoms with Crippen molar-refractivity contribution in [1.29, 1.82) is 0 Å². The molecule has 1 aromatic carbocycles. The lowest BCUT2D eigenvalue weighted by Gasteiger charge is -2.20. The van der Waals surface area contributed by atoms with Crippen LogP contribution in [0.5, 0.6) is 0 Å². The summed E-state index contributed by atoms with van der Waals surface area (Å²) < 4.78 is 0. The molecule has 5 heteroatoms. The third-order valence-corrected chi connectivity index (χ3v) is 5.03. The van der Waals surface area contributed by atoms with Crippen molar-refractivity contribution in [2.24, 2.45) is 5.92 Å². The van der Waals surface area contributed by atoms with Crippen molar-refractivity contribution in [2.75, 3.05) is 39.5 Å². The molecule has 0 saturated carbocycles. The lowest BCUT2D eigenvalue weighted by atomic mass is 10.1. The highest BCUT2D eigenvalue weighted by molar-refractivity contribution is 7.98. The average Bonchev–Trinajstić information content (AvgIpc) is 3.01. The Balaban J connectivity index is 1.75. The number of hydrogen-bond acceptors (Lipinski definition) is 3. The molecule has 1 saturated heterocycles. The molecule has 1 aliphatic rings. The van der Waals surface area contributed by atoms with Gasteiger partial charge < -0.3 is 15.1 Å². The van der Waals surface area contributed by atoms with E-state index in [-0.39, 0.29) is 6.03 Å². The van der Waals surface area contributed by atoms with E-state index in [0.717, 1.165) is 38.2 Å². The molecule has 1 N–H and O–H groups in total. The number of amides is 2. The van der Waals surface area contributed by atoms with Gasteiger partial charge in [0.2, 0.25) is 0 Å². The van der Waals surface area contributed by atoms with Crippen LogP contribution in [0, 0.1) is 5.92 Å². The van der Waals surface area contributed by atoms with E-state index < -0.39 is 0 Å². The van der Waals surface area contributed by atoms with Crippen LogP contribution in [0.15, 0.2) is 29.2 Å². The summed E-state index contributed by atoms with van der Waals surface area (Å²) in [6, 6.07) is 8.41. The minimum atomic E-state index is 0.0654. The van der Waals surface area contributed by atoms with E-state index in [9.17, 15) is 4.79 Å². The lowest BCUT2D eigenvalue weighted by molar-refractivity contribution is 0.204. The standard InChI is InChI=1S/C17H27N3OS/c1-4-19(2)12-15-9-10-20(13-15)17(21)18-11-14-5-7-16(22-3)8-6-14/h5-8,15H,4,9-13H2,1-3H3,(H,18,21). The SMILES string of the molecule is CCN(C)CC1CCN(C(=O)NCc2ccc(SC)cc2)C1. The zero-order valence-corrected chi connectivity index (χ0v) is 14.7. The highest BCUT2D eigenvalue weighted by Gasteiger charge is 2.26. The predicted molar refractivity (Wildman–Crippen MR) is 93.3 cm³/mol. The van der Waals surface area contributed by atoms with Gasteiger partial charge in [0.05, 0.1) is 0 Å². The Labute approximate surface area is 138 Å². The Bertz CT molecular complexity index is 477. The molecule has 0 bridgehead atoms. The van der Waals surface area contributed by atoms with Gasteiger partial charge in [-0.25, -0.2) is 4.79 Å². The van der Waals surface area contributed by atoms with Crippen LogP contribution in [0.1, 0.15) is 18.9 Å². The molecule has 1 aromatic rings. The maximum atomic E-state index is 12.2. The average molecular weight is 321 g/mol. The smallest absolute Gasteiger partial charge is 0.317 e. The number of carbonyl (C=O) groups is 1. The Kier molecular flexibility index (Phi) is 6.58. The molecule has 122 valence electrons. The fraction of sp³-hybridized carbons (Fsp3) is 0.588. The van der Waals surface area contributed by atoms with E-state index in [2.05, 4.69) is 54.7 Å². The summed E-state index contributed by atoms with van der Waals surface area (Å²) in [5, 5.41) is 3.03. The number of nitrogens with zero attached hydrogens (tertiary/aromatic N) is 2. The number of hydrogen-bond donors (Lipinski definition) is 1. The molecule has 1 unspecified atom stereocenters. The third kappa shape index (κ3) is 4.92.